The van der Waals surface area contributed by atoms with Crippen LogP contribution in [0.5, 0.6) is 5.75 Å². The van der Waals surface area contributed by atoms with Gasteiger partial charge in [0.15, 0.2) is 5.60 Å². The second-order valence-corrected chi connectivity index (χ2v) is 13.4. The molecule has 0 aromatic heterocycles. The van der Waals surface area contributed by atoms with Gasteiger partial charge in [-0.2, -0.15) is 0 Å². The first-order valence-electron chi connectivity index (χ1n) is 15.0. The Kier molecular flexibility index (Phi) is 9.34. The number of nitrogens with one attached hydrogen (secondary N) is 1. The lowest BCUT2D eigenvalue weighted by atomic mass is 9.84. The monoisotopic (exact) mass is 569 g/mol. The quantitative estimate of drug-likeness (QED) is 0.446. The number of ether oxygens (including phenoxy) is 2. The molecule has 41 heavy (non-hydrogen) atoms. The van der Waals surface area contributed by atoms with Gasteiger partial charge in [0, 0.05) is 19.3 Å². The predicted octanol–water partition coefficient (Wildman–Crippen LogP) is 4.92. The molecular formula is C32H47N3O6. The van der Waals surface area contributed by atoms with Crippen LogP contribution < -0.4 is 10.1 Å². The number of methoxy groups -OCH3 is 1. The number of oxime groups is 1. The van der Waals surface area contributed by atoms with Crippen molar-refractivity contribution in [2.75, 3.05) is 13.7 Å². The molecule has 2 aliphatic heterocycles. The van der Waals surface area contributed by atoms with Crippen molar-refractivity contribution >= 4 is 23.5 Å². The van der Waals surface area contributed by atoms with Crippen molar-refractivity contribution in [2.24, 2.45) is 16.5 Å². The molecule has 1 N–H and O–H groups in total. The van der Waals surface area contributed by atoms with Crippen LogP contribution in [0.4, 0.5) is 0 Å². The molecule has 1 spiro atoms. The van der Waals surface area contributed by atoms with Crippen LogP contribution in [0.2, 0.25) is 0 Å². The van der Waals surface area contributed by atoms with Crippen LogP contribution in [0.3, 0.4) is 0 Å². The number of hydrogen-bond donors (Lipinski definition) is 1. The van der Waals surface area contributed by atoms with Gasteiger partial charge >= 0.3 is 5.97 Å². The molecule has 3 aliphatic rings. The molecule has 9 heteroatoms. The number of hydrogen-bond acceptors (Lipinski definition) is 7. The number of aryl methyl sites for hydroxylation is 1. The van der Waals surface area contributed by atoms with Gasteiger partial charge in [0.1, 0.15) is 17.8 Å². The largest absolute Gasteiger partial charge is 0.491 e. The fraction of sp³-hybridized carbons (Fsp3) is 0.688. The maximum Gasteiger partial charge on any atom is 0.328 e. The zero-order valence-corrected chi connectivity index (χ0v) is 25.7. The highest BCUT2D eigenvalue weighted by Crippen LogP contribution is 2.40. The molecule has 1 aromatic carbocycles. The van der Waals surface area contributed by atoms with Crippen molar-refractivity contribution in [3.8, 4) is 5.75 Å². The van der Waals surface area contributed by atoms with Gasteiger partial charge in [-0.1, -0.05) is 45.2 Å². The maximum absolute atomic E-state index is 14.1. The SMILES string of the molecule is COC(=O)[C@@H]1C[C@]2(CC(c3ccc(OC(C)C)c(C)c3)=NO2)CN1C(=O)[C@@H](NC(=O)CC1CCCCC1)C(C)(C)C. The van der Waals surface area contributed by atoms with Gasteiger partial charge in [-0.25, -0.2) is 4.79 Å². The Morgan fingerprint density at radius 3 is 2.49 bits per heavy atom. The molecule has 2 amide bonds. The first kappa shape index (κ1) is 30.8. The van der Waals surface area contributed by atoms with Crippen LogP contribution in [-0.4, -0.2) is 65.8 Å². The fourth-order valence-electron chi connectivity index (χ4n) is 6.30. The van der Waals surface area contributed by atoms with E-state index in [1.54, 1.807) is 0 Å². The van der Waals surface area contributed by atoms with Crippen molar-refractivity contribution in [1.82, 2.24) is 10.2 Å². The van der Waals surface area contributed by atoms with Crippen LogP contribution in [0.1, 0.15) is 97.1 Å². The average molecular weight is 570 g/mol. The highest BCUT2D eigenvalue weighted by molar-refractivity contribution is 6.02. The molecule has 1 aromatic rings. The molecule has 1 saturated heterocycles. The summed E-state index contributed by atoms with van der Waals surface area (Å²) in [5, 5.41) is 7.44. The molecule has 0 bridgehead atoms. The van der Waals surface area contributed by atoms with Crippen LogP contribution in [0.15, 0.2) is 23.4 Å². The Balaban J connectivity index is 1.51. The molecule has 1 aliphatic carbocycles. The third-order valence-electron chi connectivity index (χ3n) is 8.48. The standard InChI is InChI=1S/C32H47N3O6/c1-20(2)40-26-14-13-23(15-21(26)3)24-17-32(41-34-24)18-25(30(38)39-7)35(19-32)29(37)28(31(4,5)6)33-27(36)16-22-11-9-8-10-12-22/h13-15,20,22,25,28H,8-12,16-19H2,1-7H3,(H,33,36)/t25-,28+,32+/m0/s1. The Labute approximate surface area is 244 Å². The predicted molar refractivity (Wildman–Crippen MR) is 157 cm³/mol. The van der Waals surface area contributed by atoms with Crippen molar-refractivity contribution < 1.29 is 28.7 Å². The summed E-state index contributed by atoms with van der Waals surface area (Å²) in [7, 11) is 1.32. The van der Waals surface area contributed by atoms with E-state index in [0.717, 1.165) is 48.3 Å². The minimum absolute atomic E-state index is 0.0706. The fourth-order valence-corrected chi connectivity index (χ4v) is 6.30. The highest BCUT2D eigenvalue weighted by Gasteiger charge is 2.55. The molecule has 2 heterocycles. The van der Waals surface area contributed by atoms with E-state index in [9.17, 15) is 14.4 Å². The maximum atomic E-state index is 14.1. The van der Waals surface area contributed by atoms with Gasteiger partial charge < -0.3 is 24.5 Å². The van der Waals surface area contributed by atoms with E-state index in [4.69, 9.17) is 14.3 Å². The van der Waals surface area contributed by atoms with Crippen LogP contribution in [0.25, 0.3) is 0 Å². The molecule has 226 valence electrons. The van der Waals surface area contributed by atoms with Gasteiger partial charge in [-0.3, -0.25) is 9.59 Å². The second kappa shape index (κ2) is 12.4. The summed E-state index contributed by atoms with van der Waals surface area (Å²) in [5.74, 6) is 0.260. The molecule has 3 atom stereocenters. The van der Waals surface area contributed by atoms with E-state index < -0.39 is 29.1 Å². The normalized spacial score (nSPS) is 23.8. The zero-order chi connectivity index (χ0) is 29.9. The number of rotatable bonds is 8. The Hall–Kier alpha value is -3.10. The Morgan fingerprint density at radius 1 is 1.17 bits per heavy atom. The van der Waals surface area contributed by atoms with E-state index in [2.05, 4.69) is 10.5 Å². The second-order valence-electron chi connectivity index (χ2n) is 13.4. The lowest BCUT2D eigenvalue weighted by Gasteiger charge is -2.35. The lowest BCUT2D eigenvalue weighted by molar-refractivity contribution is -0.153. The van der Waals surface area contributed by atoms with Crippen LogP contribution in [-0.2, 0) is 24.0 Å². The summed E-state index contributed by atoms with van der Waals surface area (Å²) in [4.78, 5) is 47.7. The van der Waals surface area contributed by atoms with Gasteiger partial charge in [-0.05, 0) is 74.3 Å². The van der Waals surface area contributed by atoms with Crippen molar-refractivity contribution in [3.63, 3.8) is 0 Å². The number of carbonyl (C=O) groups is 3. The molecule has 9 nitrogen and oxygen atoms in total. The van der Waals surface area contributed by atoms with E-state index in [-0.39, 0.29) is 30.9 Å². The molecule has 0 unspecified atom stereocenters. The van der Waals surface area contributed by atoms with Crippen LogP contribution in [0, 0.1) is 18.3 Å². The van der Waals surface area contributed by atoms with Crippen molar-refractivity contribution in [3.05, 3.63) is 29.3 Å². The molecule has 4 rings (SSSR count). The number of nitrogens with zero attached hydrogens (tertiary/aromatic N) is 2. The summed E-state index contributed by atoms with van der Waals surface area (Å²) in [6.07, 6.45) is 6.82. The summed E-state index contributed by atoms with van der Waals surface area (Å²) in [5.41, 5.74) is 1.25. The van der Waals surface area contributed by atoms with E-state index in [1.165, 1.54) is 18.4 Å². The highest BCUT2D eigenvalue weighted by atomic mass is 16.7. The van der Waals surface area contributed by atoms with E-state index in [1.807, 2.05) is 59.7 Å². The van der Waals surface area contributed by atoms with Gasteiger partial charge in [0.05, 0.1) is 25.5 Å². The zero-order valence-electron chi connectivity index (χ0n) is 25.7. The number of likely N-dealkylation sites (tertiary alicyclic amines) is 1. The Bertz CT molecular complexity index is 1170. The minimum Gasteiger partial charge on any atom is -0.491 e. The number of benzene rings is 1. The first-order valence-corrected chi connectivity index (χ1v) is 15.0. The third kappa shape index (κ3) is 7.22. The molecule has 0 radical (unpaired) electrons. The van der Waals surface area contributed by atoms with Gasteiger partial charge in [-0.15, -0.1) is 0 Å². The summed E-state index contributed by atoms with van der Waals surface area (Å²) in [6, 6.07) is 4.29. The third-order valence-corrected chi connectivity index (χ3v) is 8.48. The Morgan fingerprint density at radius 2 is 1.88 bits per heavy atom. The number of carbonyl (C=O) groups excluding carboxylic acids is 3. The number of esters is 1. The van der Waals surface area contributed by atoms with E-state index in [0.29, 0.717) is 18.8 Å². The summed E-state index contributed by atoms with van der Waals surface area (Å²) < 4.78 is 11.0. The smallest absolute Gasteiger partial charge is 0.328 e. The molecular weight excluding hydrogens is 522 g/mol. The first-order chi connectivity index (χ1) is 19.3. The van der Waals surface area contributed by atoms with Crippen molar-refractivity contribution in [2.45, 2.75) is 117 Å². The topological polar surface area (TPSA) is 107 Å². The minimum atomic E-state index is -0.848. The van der Waals surface area contributed by atoms with Crippen LogP contribution >= 0.6 is 0 Å². The average Bonchev–Trinajstić information content (AvgIpc) is 3.51. The van der Waals surface area contributed by atoms with E-state index >= 15 is 0 Å². The summed E-state index contributed by atoms with van der Waals surface area (Å²) >= 11 is 0. The molecule has 1 saturated carbocycles. The molecule has 2 fully saturated rings. The van der Waals surface area contributed by atoms with Crippen molar-refractivity contribution in [1.29, 1.82) is 0 Å². The van der Waals surface area contributed by atoms with Gasteiger partial charge in [0.25, 0.3) is 0 Å². The number of amides is 2. The van der Waals surface area contributed by atoms with Gasteiger partial charge in [0.2, 0.25) is 11.8 Å². The lowest BCUT2D eigenvalue weighted by Crippen LogP contribution is -2.57. The summed E-state index contributed by atoms with van der Waals surface area (Å²) in [6.45, 7) is 11.9.